The Morgan fingerprint density at radius 2 is 1.72 bits per heavy atom. The van der Waals surface area contributed by atoms with Crippen molar-refractivity contribution in [3.63, 3.8) is 0 Å². The first-order valence-electron chi connectivity index (χ1n) is 6.58. The summed E-state index contributed by atoms with van der Waals surface area (Å²) in [6.45, 7) is 0.552. The van der Waals surface area contributed by atoms with Gasteiger partial charge in [0.15, 0.2) is 5.96 Å². The van der Waals surface area contributed by atoms with Gasteiger partial charge in [-0.2, -0.15) is 13.2 Å². The van der Waals surface area contributed by atoms with Crippen LogP contribution in [0.5, 0.6) is 0 Å². The molecule has 0 amide bonds. The number of rotatable bonds is 3. The number of alkyl halides is 3. The minimum Gasteiger partial charge on any atom is -0.370 e. The van der Waals surface area contributed by atoms with Crippen molar-refractivity contribution < 1.29 is 13.2 Å². The van der Waals surface area contributed by atoms with Crippen molar-refractivity contribution in [3.05, 3.63) is 0 Å². The summed E-state index contributed by atoms with van der Waals surface area (Å²) in [6, 6.07) is 0.467. The molecule has 2 aliphatic rings. The minimum atomic E-state index is -4.03. The summed E-state index contributed by atoms with van der Waals surface area (Å²) in [5.41, 5.74) is 5.69. The zero-order valence-corrected chi connectivity index (χ0v) is 10.3. The lowest BCUT2D eigenvalue weighted by atomic mass is 9.82. The highest BCUT2D eigenvalue weighted by molar-refractivity contribution is 5.78. The third kappa shape index (κ3) is 4.07. The number of aliphatic imine (C=N–C) groups is 1. The Labute approximate surface area is 105 Å². The highest BCUT2D eigenvalue weighted by Crippen LogP contribution is 2.39. The monoisotopic (exact) mass is 263 g/mol. The number of hydrogen-bond donors (Lipinski definition) is 2. The maximum Gasteiger partial charge on any atom is 0.391 e. The summed E-state index contributed by atoms with van der Waals surface area (Å²) in [6.07, 6.45) is -0.0886. The molecule has 2 fully saturated rings. The maximum absolute atomic E-state index is 12.5. The number of hydrogen-bond acceptors (Lipinski definition) is 1. The molecule has 0 unspecified atom stereocenters. The van der Waals surface area contributed by atoms with Crippen LogP contribution in [0.25, 0.3) is 0 Å². The second-order valence-electron chi connectivity index (χ2n) is 5.40. The Balaban J connectivity index is 1.69. The van der Waals surface area contributed by atoms with Gasteiger partial charge in [-0.3, -0.25) is 4.99 Å². The first-order valence-corrected chi connectivity index (χ1v) is 6.58. The van der Waals surface area contributed by atoms with Gasteiger partial charge in [0, 0.05) is 12.6 Å². The molecule has 18 heavy (non-hydrogen) atoms. The van der Waals surface area contributed by atoms with Crippen LogP contribution < -0.4 is 11.1 Å². The highest BCUT2D eigenvalue weighted by Gasteiger charge is 2.41. The average Bonchev–Trinajstić information content (AvgIpc) is 3.10. The number of nitrogens with one attached hydrogen (secondary N) is 1. The number of nitrogens with zero attached hydrogens (tertiary/aromatic N) is 1. The van der Waals surface area contributed by atoms with E-state index in [2.05, 4.69) is 10.3 Å². The normalized spacial score (nSPS) is 30.3. The van der Waals surface area contributed by atoms with E-state index in [1.807, 2.05) is 0 Å². The summed E-state index contributed by atoms with van der Waals surface area (Å²) in [7, 11) is 0. The Morgan fingerprint density at radius 3 is 2.22 bits per heavy atom. The van der Waals surface area contributed by atoms with Gasteiger partial charge in [-0.1, -0.05) is 0 Å². The molecule has 0 heterocycles. The van der Waals surface area contributed by atoms with Crippen LogP contribution in [-0.4, -0.2) is 24.7 Å². The van der Waals surface area contributed by atoms with Crippen LogP contribution in [0.4, 0.5) is 13.2 Å². The van der Waals surface area contributed by atoms with E-state index in [1.54, 1.807) is 0 Å². The summed E-state index contributed by atoms with van der Waals surface area (Å²) < 4.78 is 37.4. The van der Waals surface area contributed by atoms with E-state index in [1.165, 1.54) is 0 Å². The number of halogens is 3. The van der Waals surface area contributed by atoms with Gasteiger partial charge in [-0.25, -0.2) is 0 Å². The molecule has 0 aromatic carbocycles. The van der Waals surface area contributed by atoms with E-state index in [0.717, 1.165) is 12.8 Å². The quantitative estimate of drug-likeness (QED) is 0.607. The van der Waals surface area contributed by atoms with E-state index in [9.17, 15) is 13.2 Å². The molecule has 3 nitrogen and oxygen atoms in total. The number of guanidine groups is 1. The zero-order chi connectivity index (χ0) is 13.2. The van der Waals surface area contributed by atoms with Crippen molar-refractivity contribution in [2.45, 2.75) is 50.7 Å². The lowest BCUT2D eigenvalue weighted by Gasteiger charge is -2.29. The molecule has 2 aliphatic carbocycles. The summed E-state index contributed by atoms with van der Waals surface area (Å²) in [5, 5.41) is 3.07. The van der Waals surface area contributed by atoms with Gasteiger partial charge >= 0.3 is 6.18 Å². The number of nitrogens with two attached hydrogens (primary N) is 1. The van der Waals surface area contributed by atoms with Crippen LogP contribution in [0.2, 0.25) is 0 Å². The van der Waals surface area contributed by atoms with Gasteiger partial charge in [0.1, 0.15) is 0 Å². The summed E-state index contributed by atoms with van der Waals surface area (Å²) in [4.78, 5) is 4.22. The predicted octanol–water partition coefficient (Wildman–Crippen LogP) is 2.42. The van der Waals surface area contributed by atoms with E-state index < -0.39 is 12.1 Å². The first kappa shape index (κ1) is 13.5. The second kappa shape index (κ2) is 5.36. The second-order valence-corrected chi connectivity index (χ2v) is 5.40. The fraction of sp³-hybridized carbons (Fsp3) is 0.917. The van der Waals surface area contributed by atoms with Gasteiger partial charge in [0.2, 0.25) is 0 Å². The maximum atomic E-state index is 12.5. The van der Waals surface area contributed by atoms with E-state index in [0.29, 0.717) is 31.4 Å². The lowest BCUT2D eigenvalue weighted by Crippen LogP contribution is -2.34. The molecule has 6 heteroatoms. The zero-order valence-electron chi connectivity index (χ0n) is 10.3. The van der Waals surface area contributed by atoms with Gasteiger partial charge < -0.3 is 11.1 Å². The van der Waals surface area contributed by atoms with Crippen molar-refractivity contribution in [1.29, 1.82) is 0 Å². The van der Waals surface area contributed by atoms with Crippen molar-refractivity contribution in [2.75, 3.05) is 6.54 Å². The van der Waals surface area contributed by atoms with Gasteiger partial charge in [-0.05, 0) is 44.4 Å². The van der Waals surface area contributed by atoms with Crippen LogP contribution in [-0.2, 0) is 0 Å². The smallest absolute Gasteiger partial charge is 0.370 e. The van der Waals surface area contributed by atoms with Crippen LogP contribution >= 0.6 is 0 Å². The van der Waals surface area contributed by atoms with Crippen LogP contribution in [0.1, 0.15) is 38.5 Å². The van der Waals surface area contributed by atoms with Crippen LogP contribution in [0.3, 0.4) is 0 Å². The topological polar surface area (TPSA) is 50.4 Å². The molecule has 0 bridgehead atoms. The Bertz CT molecular complexity index is 302. The fourth-order valence-corrected chi connectivity index (χ4v) is 2.38. The molecule has 3 N–H and O–H groups in total. The molecule has 0 aromatic rings. The Kier molecular flexibility index (Phi) is 4.02. The van der Waals surface area contributed by atoms with E-state index in [-0.39, 0.29) is 18.8 Å². The minimum absolute atomic E-state index is 0.236. The van der Waals surface area contributed by atoms with Crippen molar-refractivity contribution in [1.82, 2.24) is 5.32 Å². The molecule has 104 valence electrons. The molecule has 0 atom stereocenters. The van der Waals surface area contributed by atoms with Gasteiger partial charge in [0.25, 0.3) is 0 Å². The average molecular weight is 263 g/mol. The van der Waals surface area contributed by atoms with Gasteiger partial charge in [-0.15, -0.1) is 0 Å². The summed E-state index contributed by atoms with van der Waals surface area (Å²) >= 11 is 0. The Morgan fingerprint density at radius 1 is 1.11 bits per heavy atom. The van der Waals surface area contributed by atoms with Crippen molar-refractivity contribution in [2.24, 2.45) is 22.6 Å². The Hall–Kier alpha value is -0.940. The third-order valence-corrected chi connectivity index (χ3v) is 3.76. The molecule has 0 saturated heterocycles. The highest BCUT2D eigenvalue weighted by atomic mass is 19.4. The standard InChI is InChI=1S/C12H20F3N3/c13-12(14,15)9-3-1-8(2-4-9)7-17-11(16)18-10-5-6-10/h8-10H,1-7H2,(H3,16,17,18). The van der Waals surface area contributed by atoms with E-state index in [4.69, 9.17) is 5.73 Å². The summed E-state index contributed by atoms with van der Waals surface area (Å²) in [5.74, 6) is -0.418. The van der Waals surface area contributed by atoms with Crippen LogP contribution in [0.15, 0.2) is 4.99 Å². The molecule has 0 aromatic heterocycles. The molecule has 2 rings (SSSR count). The molecular formula is C12H20F3N3. The predicted molar refractivity (Wildman–Crippen MR) is 64.2 cm³/mol. The fourth-order valence-electron chi connectivity index (χ4n) is 2.38. The van der Waals surface area contributed by atoms with Crippen molar-refractivity contribution in [3.8, 4) is 0 Å². The largest absolute Gasteiger partial charge is 0.391 e. The van der Waals surface area contributed by atoms with Crippen molar-refractivity contribution >= 4 is 5.96 Å². The molecule has 0 aliphatic heterocycles. The first-order chi connectivity index (χ1) is 8.45. The SMILES string of the molecule is NC(=NCC1CCC(C(F)(F)F)CC1)NC1CC1. The van der Waals surface area contributed by atoms with Gasteiger partial charge in [0.05, 0.1) is 5.92 Å². The molecule has 0 spiro atoms. The third-order valence-electron chi connectivity index (χ3n) is 3.76. The molecular weight excluding hydrogens is 243 g/mol. The molecule has 2 saturated carbocycles. The van der Waals surface area contributed by atoms with E-state index >= 15 is 0 Å². The van der Waals surface area contributed by atoms with Crippen LogP contribution in [0, 0.1) is 11.8 Å². The molecule has 0 radical (unpaired) electrons. The lowest BCUT2D eigenvalue weighted by molar-refractivity contribution is -0.183.